The minimum absolute atomic E-state index is 0.0141. The first-order chi connectivity index (χ1) is 17.8. The first-order valence-corrected chi connectivity index (χ1v) is 12.4. The molecular weight excluding hydrogens is 519 g/mol. The Morgan fingerprint density at radius 2 is 1.61 bits per heavy atom. The van der Waals surface area contributed by atoms with Crippen molar-refractivity contribution in [1.82, 2.24) is 14.7 Å². The van der Waals surface area contributed by atoms with E-state index in [1.165, 1.54) is 6.92 Å². The van der Waals surface area contributed by atoms with Crippen LogP contribution in [0.15, 0.2) is 70.7 Å². The lowest BCUT2D eigenvalue weighted by Gasteiger charge is -2.35. The molecule has 6 nitrogen and oxygen atoms in total. The topological polar surface area (TPSA) is 75.2 Å². The van der Waals surface area contributed by atoms with Crippen LogP contribution in [0.1, 0.15) is 43.5 Å². The van der Waals surface area contributed by atoms with Gasteiger partial charge in [-0.15, -0.1) is 0 Å². The molecule has 1 aliphatic carbocycles. The van der Waals surface area contributed by atoms with Gasteiger partial charge in [0.2, 0.25) is 5.41 Å². The summed E-state index contributed by atoms with van der Waals surface area (Å²) in [5, 5.41) is 2.98. The summed E-state index contributed by atoms with van der Waals surface area (Å²) in [6, 6.07) is 14.6. The third-order valence-electron chi connectivity index (χ3n) is 7.29. The molecule has 198 valence electrons. The fourth-order valence-corrected chi connectivity index (χ4v) is 5.92. The standard InChI is InChI=1S/C28H25ClF3N3O3/c1-16-22(24(37)35(33-16)18-10-5-4-6-11-18)27(28(30,31)32)23-20(13-26(2,3)14-21(23)36)34(25(27)38)15-17-9-7-8-12-19(17)29/h4-12,33H,13-15H2,1-3H3. The Bertz CT molecular complexity index is 1550. The summed E-state index contributed by atoms with van der Waals surface area (Å²) < 4.78 is 47.3. The predicted molar refractivity (Wildman–Crippen MR) is 136 cm³/mol. The summed E-state index contributed by atoms with van der Waals surface area (Å²) in [5.74, 6) is -2.17. The molecule has 0 saturated carbocycles. The molecule has 1 N–H and O–H groups in total. The smallest absolute Gasteiger partial charge is 0.310 e. The van der Waals surface area contributed by atoms with E-state index in [1.54, 1.807) is 68.4 Å². The van der Waals surface area contributed by atoms with Gasteiger partial charge in [0.05, 0.1) is 17.8 Å². The van der Waals surface area contributed by atoms with Gasteiger partial charge in [0.15, 0.2) is 5.78 Å². The normalized spacial score (nSPS) is 21.3. The van der Waals surface area contributed by atoms with E-state index in [4.69, 9.17) is 11.6 Å². The number of rotatable bonds is 4. The number of ketones is 1. The van der Waals surface area contributed by atoms with Crippen LogP contribution in [0.2, 0.25) is 5.02 Å². The molecule has 2 aliphatic rings. The zero-order valence-corrected chi connectivity index (χ0v) is 21.7. The number of nitrogens with one attached hydrogen (secondary N) is 1. The van der Waals surface area contributed by atoms with Crippen LogP contribution in [0.4, 0.5) is 13.2 Å². The van der Waals surface area contributed by atoms with E-state index in [0.29, 0.717) is 11.3 Å². The number of para-hydroxylation sites is 1. The van der Waals surface area contributed by atoms with Gasteiger partial charge in [-0.1, -0.05) is 61.8 Å². The molecule has 0 fully saturated rings. The van der Waals surface area contributed by atoms with Crippen LogP contribution >= 0.6 is 11.6 Å². The van der Waals surface area contributed by atoms with Gasteiger partial charge < -0.3 is 4.90 Å². The summed E-state index contributed by atoms with van der Waals surface area (Å²) >= 11 is 6.31. The van der Waals surface area contributed by atoms with E-state index >= 15 is 13.2 Å². The number of alkyl halides is 3. The second kappa shape index (κ2) is 8.73. The molecule has 1 aliphatic heterocycles. The molecule has 38 heavy (non-hydrogen) atoms. The average Bonchev–Trinajstić information content (AvgIpc) is 3.25. The van der Waals surface area contributed by atoms with E-state index in [9.17, 15) is 14.4 Å². The van der Waals surface area contributed by atoms with Crippen LogP contribution in [0.25, 0.3) is 5.69 Å². The minimum atomic E-state index is -5.28. The average molecular weight is 544 g/mol. The number of aryl methyl sites for hydroxylation is 1. The molecule has 1 amide bonds. The second-order valence-corrected chi connectivity index (χ2v) is 11.0. The number of carbonyl (C=O) groups is 2. The first-order valence-electron chi connectivity index (χ1n) is 12.1. The quantitative estimate of drug-likeness (QED) is 0.464. The van der Waals surface area contributed by atoms with E-state index in [2.05, 4.69) is 5.10 Å². The molecule has 0 radical (unpaired) electrons. The maximum absolute atomic E-state index is 15.4. The number of amides is 1. The van der Waals surface area contributed by atoms with Gasteiger partial charge in [-0.25, -0.2) is 4.68 Å². The zero-order valence-electron chi connectivity index (χ0n) is 20.9. The molecule has 1 atom stereocenters. The maximum atomic E-state index is 15.4. The van der Waals surface area contributed by atoms with Crippen molar-refractivity contribution in [3.05, 3.63) is 98.1 Å². The Balaban J connectivity index is 1.82. The SMILES string of the molecule is Cc1[nH]n(-c2ccccc2)c(=O)c1C1(C(F)(F)F)C(=O)N(Cc2ccccc2Cl)C2=C1C(=O)CC(C)(C)C2. The predicted octanol–water partition coefficient (Wildman–Crippen LogP) is 5.61. The Hall–Kier alpha value is -3.59. The summed E-state index contributed by atoms with van der Waals surface area (Å²) in [7, 11) is 0. The maximum Gasteiger partial charge on any atom is 0.411 e. The summed E-state index contributed by atoms with van der Waals surface area (Å²) in [5.41, 5.74) is -6.06. The molecular formula is C28H25ClF3N3O3. The van der Waals surface area contributed by atoms with Gasteiger partial charge in [0.1, 0.15) is 0 Å². The van der Waals surface area contributed by atoms with Crippen molar-refractivity contribution < 1.29 is 22.8 Å². The van der Waals surface area contributed by atoms with Gasteiger partial charge in [0.25, 0.3) is 11.5 Å². The molecule has 0 saturated heterocycles. The highest BCUT2D eigenvalue weighted by molar-refractivity contribution is 6.31. The number of allylic oxidation sites excluding steroid dienone is 1. The number of aromatic amines is 1. The highest BCUT2D eigenvalue weighted by Crippen LogP contribution is 2.57. The van der Waals surface area contributed by atoms with Gasteiger partial charge in [0, 0.05) is 28.4 Å². The van der Waals surface area contributed by atoms with E-state index < -0.39 is 45.4 Å². The van der Waals surface area contributed by atoms with Crippen molar-refractivity contribution in [3.63, 3.8) is 0 Å². The van der Waals surface area contributed by atoms with Gasteiger partial charge in [-0.3, -0.25) is 19.5 Å². The van der Waals surface area contributed by atoms with E-state index in [0.717, 1.165) is 9.58 Å². The third-order valence-corrected chi connectivity index (χ3v) is 7.66. The number of aromatic nitrogens is 2. The lowest BCUT2D eigenvalue weighted by Crippen LogP contribution is -2.55. The fraction of sp³-hybridized carbons (Fsp3) is 0.321. The molecule has 2 heterocycles. The number of hydrogen-bond donors (Lipinski definition) is 1. The molecule has 10 heteroatoms. The first kappa shape index (κ1) is 26.0. The van der Waals surface area contributed by atoms with Crippen molar-refractivity contribution in [2.45, 2.75) is 51.7 Å². The van der Waals surface area contributed by atoms with Crippen molar-refractivity contribution in [2.24, 2.45) is 5.41 Å². The highest BCUT2D eigenvalue weighted by atomic mass is 35.5. The van der Waals surface area contributed by atoms with Crippen LogP contribution in [0.3, 0.4) is 0 Å². The number of benzene rings is 2. The van der Waals surface area contributed by atoms with Crippen LogP contribution in [-0.4, -0.2) is 32.5 Å². The molecule has 0 bridgehead atoms. The van der Waals surface area contributed by atoms with Gasteiger partial charge in [-0.2, -0.15) is 13.2 Å². The summed E-state index contributed by atoms with van der Waals surface area (Å²) in [6.07, 6.45) is -5.41. The molecule has 1 unspecified atom stereocenters. The summed E-state index contributed by atoms with van der Waals surface area (Å²) in [6.45, 7) is 4.58. The molecule has 5 rings (SSSR count). The van der Waals surface area contributed by atoms with Crippen molar-refractivity contribution >= 4 is 23.3 Å². The monoisotopic (exact) mass is 543 g/mol. The Labute approximate surface area is 221 Å². The van der Waals surface area contributed by atoms with Crippen molar-refractivity contribution in [2.75, 3.05) is 0 Å². The van der Waals surface area contributed by atoms with Crippen molar-refractivity contribution in [1.29, 1.82) is 0 Å². The number of halogens is 4. The third kappa shape index (κ3) is 3.74. The minimum Gasteiger partial charge on any atom is -0.310 e. The molecule has 1 aromatic heterocycles. The number of Topliss-reactive ketones (excluding diaryl/α,β-unsaturated/α-hetero) is 1. The highest BCUT2D eigenvalue weighted by Gasteiger charge is 2.73. The number of H-pyrrole nitrogens is 1. The number of hydrogen-bond acceptors (Lipinski definition) is 3. The number of nitrogens with zero attached hydrogens (tertiary/aromatic N) is 2. The molecule has 3 aromatic rings. The van der Waals surface area contributed by atoms with Crippen LogP contribution in [0.5, 0.6) is 0 Å². The fourth-order valence-electron chi connectivity index (χ4n) is 5.72. The lowest BCUT2D eigenvalue weighted by molar-refractivity contribution is -0.189. The lowest BCUT2D eigenvalue weighted by atomic mass is 9.66. The van der Waals surface area contributed by atoms with Crippen molar-refractivity contribution in [3.8, 4) is 5.69 Å². The van der Waals surface area contributed by atoms with Crippen LogP contribution in [0, 0.1) is 12.3 Å². The van der Waals surface area contributed by atoms with Gasteiger partial charge in [-0.05, 0) is 42.5 Å². The zero-order chi connectivity index (χ0) is 27.6. The Morgan fingerprint density at radius 1 is 0.974 bits per heavy atom. The molecule has 0 spiro atoms. The van der Waals surface area contributed by atoms with Crippen LogP contribution in [-0.2, 0) is 21.5 Å². The number of carbonyl (C=O) groups excluding carboxylic acids is 2. The van der Waals surface area contributed by atoms with E-state index in [1.807, 2.05) is 0 Å². The molecule has 2 aromatic carbocycles. The second-order valence-electron chi connectivity index (χ2n) is 10.6. The van der Waals surface area contributed by atoms with Crippen LogP contribution < -0.4 is 5.56 Å². The Kier molecular flexibility index (Phi) is 5.98. The summed E-state index contributed by atoms with van der Waals surface area (Å²) in [4.78, 5) is 42.4. The Morgan fingerprint density at radius 3 is 2.24 bits per heavy atom. The largest absolute Gasteiger partial charge is 0.411 e. The van der Waals surface area contributed by atoms with E-state index in [-0.39, 0.29) is 35.8 Å². The van der Waals surface area contributed by atoms with Gasteiger partial charge >= 0.3 is 6.18 Å².